The van der Waals surface area contributed by atoms with Crippen LogP contribution in [0.1, 0.15) is 6.92 Å². The molecule has 0 aromatic heterocycles. The van der Waals surface area contributed by atoms with Crippen molar-refractivity contribution in [3.05, 3.63) is 12.3 Å². The van der Waals surface area contributed by atoms with Gasteiger partial charge in [0.2, 0.25) is 0 Å². The minimum Gasteiger partial charge on any atom is -0.405 e. The lowest BCUT2D eigenvalue weighted by Crippen LogP contribution is -2.19. The first-order valence-electron chi connectivity index (χ1n) is 2.43. The molecule has 8 heavy (non-hydrogen) atoms. The van der Waals surface area contributed by atoms with Gasteiger partial charge in [-0.15, -0.1) is 0 Å². The topological polar surface area (TPSA) is 66.5 Å². The van der Waals surface area contributed by atoms with E-state index < -0.39 is 12.2 Å². The summed E-state index contributed by atoms with van der Waals surface area (Å²) >= 11 is 0. The molecule has 3 heteroatoms. The number of aliphatic hydroxyl groups excluding tert-OH is 2. The molecular formula is C5H11NO2. The summed E-state index contributed by atoms with van der Waals surface area (Å²) in [6.45, 7) is 1.49. The van der Waals surface area contributed by atoms with Gasteiger partial charge in [0.1, 0.15) is 0 Å². The largest absolute Gasteiger partial charge is 0.405 e. The molecule has 0 saturated carbocycles. The highest BCUT2D eigenvalue weighted by atomic mass is 16.3. The molecule has 0 aliphatic rings. The van der Waals surface area contributed by atoms with E-state index in [1.807, 2.05) is 0 Å². The average Bonchev–Trinajstić information content (AvgIpc) is 1.67. The number of rotatable bonds is 2. The van der Waals surface area contributed by atoms with Crippen LogP contribution in [0.3, 0.4) is 0 Å². The standard InChI is InChI=1S/C5H11NO2/c1-4(7)5(8)2-3-6/h2-5,7-8H,6H2,1H3/t4-,5-/m0/s1. The van der Waals surface area contributed by atoms with Gasteiger partial charge < -0.3 is 15.9 Å². The number of hydrogen-bond acceptors (Lipinski definition) is 3. The fraction of sp³-hybridized carbons (Fsp3) is 0.600. The predicted octanol–water partition coefficient (Wildman–Crippen LogP) is -0.800. The van der Waals surface area contributed by atoms with Crippen molar-refractivity contribution in [1.82, 2.24) is 0 Å². The molecule has 0 aliphatic heterocycles. The number of nitrogens with two attached hydrogens (primary N) is 1. The van der Waals surface area contributed by atoms with Gasteiger partial charge in [-0.25, -0.2) is 0 Å². The van der Waals surface area contributed by atoms with Crippen molar-refractivity contribution in [2.75, 3.05) is 0 Å². The van der Waals surface area contributed by atoms with Crippen LogP contribution in [0.15, 0.2) is 12.3 Å². The zero-order chi connectivity index (χ0) is 6.57. The first-order chi connectivity index (χ1) is 3.68. The molecule has 0 fully saturated rings. The quantitative estimate of drug-likeness (QED) is 0.443. The van der Waals surface area contributed by atoms with Gasteiger partial charge in [0.05, 0.1) is 12.2 Å². The van der Waals surface area contributed by atoms with Gasteiger partial charge in [-0.1, -0.05) is 0 Å². The molecule has 2 atom stereocenters. The van der Waals surface area contributed by atoms with Gasteiger partial charge in [-0.05, 0) is 19.2 Å². The second-order valence-electron chi connectivity index (χ2n) is 1.62. The number of aliphatic hydroxyl groups is 2. The first-order valence-corrected chi connectivity index (χ1v) is 2.43. The molecule has 0 radical (unpaired) electrons. The van der Waals surface area contributed by atoms with Crippen LogP contribution in [0, 0.1) is 0 Å². The van der Waals surface area contributed by atoms with E-state index in [2.05, 4.69) is 0 Å². The Labute approximate surface area is 48.4 Å². The van der Waals surface area contributed by atoms with E-state index in [1.54, 1.807) is 0 Å². The summed E-state index contributed by atoms with van der Waals surface area (Å²) in [4.78, 5) is 0. The molecule has 0 aromatic carbocycles. The SMILES string of the molecule is C[C@H](O)[C@@H](O)C=CN. The molecule has 3 nitrogen and oxygen atoms in total. The minimum absolute atomic E-state index is 0.741. The van der Waals surface area contributed by atoms with Crippen LogP contribution in [0.4, 0.5) is 0 Å². The van der Waals surface area contributed by atoms with E-state index in [4.69, 9.17) is 15.9 Å². The van der Waals surface area contributed by atoms with Crippen molar-refractivity contribution in [3.8, 4) is 0 Å². The Hall–Kier alpha value is -0.540. The van der Waals surface area contributed by atoms with Gasteiger partial charge in [-0.2, -0.15) is 0 Å². The molecule has 0 heterocycles. The average molecular weight is 117 g/mol. The summed E-state index contributed by atoms with van der Waals surface area (Å²) in [5.74, 6) is 0. The van der Waals surface area contributed by atoms with Crippen LogP contribution >= 0.6 is 0 Å². The number of hydrogen-bond donors (Lipinski definition) is 3. The molecule has 0 amide bonds. The lowest BCUT2D eigenvalue weighted by molar-refractivity contribution is 0.0618. The van der Waals surface area contributed by atoms with Crippen LogP contribution in [0.5, 0.6) is 0 Å². The van der Waals surface area contributed by atoms with E-state index in [9.17, 15) is 0 Å². The van der Waals surface area contributed by atoms with Crippen LogP contribution < -0.4 is 5.73 Å². The molecule has 0 bridgehead atoms. The fourth-order valence-corrected chi connectivity index (χ4v) is 0.275. The zero-order valence-corrected chi connectivity index (χ0v) is 4.78. The van der Waals surface area contributed by atoms with Crippen molar-refractivity contribution in [1.29, 1.82) is 0 Å². The molecule has 0 aliphatic carbocycles. The van der Waals surface area contributed by atoms with E-state index in [-0.39, 0.29) is 0 Å². The highest BCUT2D eigenvalue weighted by molar-refractivity contribution is 4.87. The van der Waals surface area contributed by atoms with E-state index in [1.165, 1.54) is 19.2 Å². The second-order valence-corrected chi connectivity index (χ2v) is 1.62. The van der Waals surface area contributed by atoms with Crippen LogP contribution in [-0.4, -0.2) is 22.4 Å². The van der Waals surface area contributed by atoms with E-state index >= 15 is 0 Å². The maximum Gasteiger partial charge on any atom is 0.0993 e. The van der Waals surface area contributed by atoms with E-state index in [0.717, 1.165) is 0 Å². The van der Waals surface area contributed by atoms with Crippen molar-refractivity contribution in [3.63, 3.8) is 0 Å². The van der Waals surface area contributed by atoms with Gasteiger partial charge in [0.25, 0.3) is 0 Å². The molecule has 0 aromatic rings. The van der Waals surface area contributed by atoms with Gasteiger partial charge in [-0.3, -0.25) is 0 Å². The lowest BCUT2D eigenvalue weighted by Gasteiger charge is -2.06. The predicted molar refractivity (Wildman–Crippen MR) is 31.0 cm³/mol. The van der Waals surface area contributed by atoms with E-state index in [0.29, 0.717) is 0 Å². The highest BCUT2D eigenvalue weighted by Gasteiger charge is 2.03. The van der Waals surface area contributed by atoms with Crippen LogP contribution in [0.2, 0.25) is 0 Å². The third kappa shape index (κ3) is 2.60. The maximum atomic E-state index is 8.71. The van der Waals surface area contributed by atoms with Crippen molar-refractivity contribution >= 4 is 0 Å². The summed E-state index contributed by atoms with van der Waals surface area (Å²) in [5.41, 5.74) is 4.92. The molecule has 4 N–H and O–H groups in total. The highest BCUT2D eigenvalue weighted by Crippen LogP contribution is 1.90. The Bertz CT molecular complexity index is 80.5. The van der Waals surface area contributed by atoms with Crippen LogP contribution in [-0.2, 0) is 0 Å². The molecule has 48 valence electrons. The van der Waals surface area contributed by atoms with Gasteiger partial charge in [0.15, 0.2) is 0 Å². The Kier molecular flexibility index (Phi) is 3.23. The maximum absolute atomic E-state index is 8.71. The monoisotopic (exact) mass is 117 g/mol. The zero-order valence-electron chi connectivity index (χ0n) is 4.78. The fourth-order valence-electron chi connectivity index (χ4n) is 0.275. The van der Waals surface area contributed by atoms with Gasteiger partial charge >= 0.3 is 0 Å². The van der Waals surface area contributed by atoms with Crippen LogP contribution in [0.25, 0.3) is 0 Å². The molecule has 0 spiro atoms. The Balaban J connectivity index is 3.47. The summed E-state index contributed by atoms with van der Waals surface area (Å²) in [5, 5.41) is 17.3. The second kappa shape index (κ2) is 3.46. The van der Waals surface area contributed by atoms with Crippen molar-refractivity contribution < 1.29 is 10.2 Å². The molecule has 0 rings (SSSR count). The summed E-state index contributed by atoms with van der Waals surface area (Å²) in [6.07, 6.45) is 0.956. The summed E-state index contributed by atoms with van der Waals surface area (Å²) in [6, 6.07) is 0. The van der Waals surface area contributed by atoms with Crippen molar-refractivity contribution in [2.45, 2.75) is 19.1 Å². The first kappa shape index (κ1) is 7.46. The molecule has 0 unspecified atom stereocenters. The summed E-state index contributed by atoms with van der Waals surface area (Å²) in [7, 11) is 0. The smallest absolute Gasteiger partial charge is 0.0993 e. The molecule has 0 saturated heterocycles. The Morgan fingerprint density at radius 3 is 2.12 bits per heavy atom. The van der Waals surface area contributed by atoms with Gasteiger partial charge in [0, 0.05) is 0 Å². The third-order valence-corrected chi connectivity index (χ3v) is 0.803. The summed E-state index contributed by atoms with van der Waals surface area (Å²) < 4.78 is 0. The molecular weight excluding hydrogens is 106 g/mol. The van der Waals surface area contributed by atoms with Crippen molar-refractivity contribution in [2.24, 2.45) is 5.73 Å². The normalized spacial score (nSPS) is 18.9. The minimum atomic E-state index is -0.833. The Morgan fingerprint density at radius 2 is 2.00 bits per heavy atom. The lowest BCUT2D eigenvalue weighted by atomic mass is 10.2. The third-order valence-electron chi connectivity index (χ3n) is 0.803. The Morgan fingerprint density at radius 1 is 1.50 bits per heavy atom.